The molecule has 0 spiro atoms. The van der Waals surface area contributed by atoms with Crippen LogP contribution in [0.25, 0.3) is 0 Å². The molecule has 2 aromatic carbocycles. The van der Waals surface area contributed by atoms with E-state index < -0.39 is 44.3 Å². The summed E-state index contributed by atoms with van der Waals surface area (Å²) in [5.74, 6) is 0.126. The van der Waals surface area contributed by atoms with Gasteiger partial charge in [-0.3, -0.25) is 4.68 Å². The summed E-state index contributed by atoms with van der Waals surface area (Å²) < 4.78 is 74.3. The van der Waals surface area contributed by atoms with E-state index in [4.69, 9.17) is 9.47 Å². The van der Waals surface area contributed by atoms with E-state index in [-0.39, 0.29) is 28.1 Å². The first kappa shape index (κ1) is 37.2. The van der Waals surface area contributed by atoms with Crippen LogP contribution in [0.1, 0.15) is 102 Å². The van der Waals surface area contributed by atoms with Crippen LogP contribution in [0.5, 0.6) is 11.6 Å². The number of anilines is 2. The molecule has 4 aliphatic carbocycles. The van der Waals surface area contributed by atoms with Crippen LogP contribution in [0.4, 0.5) is 21.0 Å². The van der Waals surface area contributed by atoms with Crippen molar-refractivity contribution in [3.05, 3.63) is 68.5 Å². The van der Waals surface area contributed by atoms with Crippen LogP contribution in [0.15, 0.2) is 28.3 Å². The Hall–Kier alpha value is -5.10. The maximum atomic E-state index is 13.8. The van der Waals surface area contributed by atoms with Crippen molar-refractivity contribution in [2.24, 2.45) is 0 Å². The molecule has 0 saturated heterocycles. The summed E-state index contributed by atoms with van der Waals surface area (Å²) in [5, 5.41) is 14.2. The number of carbonyl (C=O) groups excluding carboxylic acids is 2. The third-order valence-electron chi connectivity index (χ3n) is 12.6. The molecule has 0 saturated carbocycles. The highest BCUT2D eigenvalue weighted by Gasteiger charge is 2.38. The van der Waals surface area contributed by atoms with Crippen molar-refractivity contribution in [1.82, 2.24) is 29.0 Å². The van der Waals surface area contributed by atoms with E-state index >= 15 is 0 Å². The molecule has 4 aromatic rings. The van der Waals surface area contributed by atoms with Crippen molar-refractivity contribution >= 4 is 43.5 Å². The Morgan fingerprint density at radius 2 is 1.29 bits per heavy atom. The Morgan fingerprint density at radius 3 is 1.84 bits per heavy atom. The number of benzene rings is 2. The van der Waals surface area contributed by atoms with Crippen LogP contribution in [0.2, 0.25) is 0 Å². The molecule has 0 fully saturated rings. The van der Waals surface area contributed by atoms with Crippen LogP contribution in [-0.2, 0) is 84.4 Å². The zero-order valence-electron chi connectivity index (χ0n) is 32.3. The van der Waals surface area contributed by atoms with Crippen molar-refractivity contribution in [3.8, 4) is 11.6 Å². The summed E-state index contributed by atoms with van der Waals surface area (Å²) in [6, 6.07) is 2.37. The second kappa shape index (κ2) is 14.0. The summed E-state index contributed by atoms with van der Waals surface area (Å²) in [6.45, 7) is 2.39. The standard InChI is InChI=1S/C40H46N8O8S2/c1-22(17-27-21-47-38(56-27)33(20-41-47)57(51,52)45-39(49)42-34-28-11-2-7-23(28)18-24-8-3-12-29(24)34)48-32-15-6-16-55-36(32)37(44-48)58(53,54)46-40(50)43-35-30-13-4-9-25(30)19-26-10-5-14-31(26)35/h18-20,22,27H,2-17,21H2,1H3,(H2,42,45,49)(H2,43,46,50). The van der Waals surface area contributed by atoms with E-state index in [0.717, 1.165) is 111 Å². The quantitative estimate of drug-likeness (QED) is 0.182. The summed E-state index contributed by atoms with van der Waals surface area (Å²) in [5.41, 5.74) is 11.3. The molecular weight excluding hydrogens is 785 g/mol. The van der Waals surface area contributed by atoms with Crippen molar-refractivity contribution in [1.29, 1.82) is 0 Å². The molecule has 4 heterocycles. The molecule has 4 N–H and O–H groups in total. The van der Waals surface area contributed by atoms with Crippen molar-refractivity contribution in [2.45, 2.75) is 132 Å². The van der Waals surface area contributed by atoms with E-state index in [9.17, 15) is 26.4 Å². The summed E-state index contributed by atoms with van der Waals surface area (Å²) in [7, 11) is -8.82. The molecule has 2 aromatic heterocycles. The molecule has 16 nitrogen and oxygen atoms in total. The Balaban J connectivity index is 0.826. The van der Waals surface area contributed by atoms with Gasteiger partial charge < -0.3 is 20.1 Å². The zero-order valence-corrected chi connectivity index (χ0v) is 33.9. The lowest BCUT2D eigenvalue weighted by Gasteiger charge is -2.21. The van der Waals surface area contributed by atoms with Gasteiger partial charge in [-0.15, -0.1) is 0 Å². The predicted molar refractivity (Wildman–Crippen MR) is 212 cm³/mol. The third-order valence-corrected chi connectivity index (χ3v) is 15.1. The highest BCUT2D eigenvalue weighted by atomic mass is 32.2. The van der Waals surface area contributed by atoms with Gasteiger partial charge in [-0.25, -0.2) is 32.1 Å². The van der Waals surface area contributed by atoms with Crippen LogP contribution in [0.3, 0.4) is 0 Å². The van der Waals surface area contributed by atoms with Gasteiger partial charge in [0.05, 0.1) is 31.1 Å². The minimum atomic E-state index is -4.45. The van der Waals surface area contributed by atoms with E-state index in [2.05, 4.69) is 42.4 Å². The van der Waals surface area contributed by atoms with Gasteiger partial charge in [0.25, 0.3) is 20.0 Å². The summed E-state index contributed by atoms with van der Waals surface area (Å²) in [6.07, 6.45) is 13.2. The number of amides is 4. The van der Waals surface area contributed by atoms with E-state index in [1.54, 1.807) is 4.68 Å². The predicted octanol–water partition coefficient (Wildman–Crippen LogP) is 4.79. The number of nitrogens with one attached hydrogen (secondary N) is 4. The minimum absolute atomic E-state index is 0.0120. The third kappa shape index (κ3) is 6.38. The number of fused-ring (bicyclic) bond motifs is 6. The Kier molecular flexibility index (Phi) is 9.00. The van der Waals surface area contributed by atoms with Gasteiger partial charge in [0.1, 0.15) is 6.10 Å². The molecule has 0 bridgehead atoms. The number of urea groups is 2. The van der Waals surface area contributed by atoms with Gasteiger partial charge in [0, 0.05) is 17.8 Å². The highest BCUT2D eigenvalue weighted by Crippen LogP contribution is 2.41. The lowest BCUT2D eigenvalue weighted by atomic mass is 9.99. The molecule has 2 unspecified atom stereocenters. The number of rotatable bonds is 9. The topological polar surface area (TPSA) is 205 Å². The molecule has 10 rings (SSSR count). The molecule has 0 radical (unpaired) electrons. The van der Waals surface area contributed by atoms with Gasteiger partial charge >= 0.3 is 12.1 Å². The number of nitrogens with zero attached hydrogens (tertiary/aromatic N) is 4. The Morgan fingerprint density at radius 1 is 0.759 bits per heavy atom. The fourth-order valence-corrected chi connectivity index (χ4v) is 12.1. The van der Waals surface area contributed by atoms with Crippen LogP contribution in [0, 0.1) is 0 Å². The fourth-order valence-electron chi connectivity index (χ4n) is 10.1. The van der Waals surface area contributed by atoms with Gasteiger partial charge in [-0.05, 0) is 141 Å². The van der Waals surface area contributed by atoms with Gasteiger partial charge in [0.15, 0.2) is 10.6 Å². The highest BCUT2D eigenvalue weighted by molar-refractivity contribution is 7.90. The smallest absolute Gasteiger partial charge is 0.333 e. The Labute approximate surface area is 336 Å². The lowest BCUT2D eigenvalue weighted by Crippen LogP contribution is -2.35. The number of hydrogen-bond donors (Lipinski definition) is 4. The van der Waals surface area contributed by atoms with Gasteiger partial charge in [0.2, 0.25) is 10.9 Å². The van der Waals surface area contributed by atoms with E-state index in [1.165, 1.54) is 33.1 Å². The first-order chi connectivity index (χ1) is 27.9. The maximum absolute atomic E-state index is 13.8. The minimum Gasteiger partial charge on any atom is -0.489 e. The second-order valence-electron chi connectivity index (χ2n) is 16.4. The second-order valence-corrected chi connectivity index (χ2v) is 19.6. The van der Waals surface area contributed by atoms with Crippen LogP contribution >= 0.6 is 0 Å². The molecule has 58 heavy (non-hydrogen) atoms. The van der Waals surface area contributed by atoms with Gasteiger partial charge in [-0.1, -0.05) is 12.1 Å². The average molecular weight is 831 g/mol. The monoisotopic (exact) mass is 830 g/mol. The Bertz CT molecular complexity index is 2570. The number of sulfonamides is 2. The molecule has 18 heteroatoms. The number of aromatic nitrogens is 4. The number of aryl methyl sites for hydroxylation is 4. The lowest BCUT2D eigenvalue weighted by molar-refractivity contribution is 0.187. The van der Waals surface area contributed by atoms with Crippen molar-refractivity contribution in [2.75, 3.05) is 17.2 Å². The zero-order chi connectivity index (χ0) is 39.9. The van der Waals surface area contributed by atoms with E-state index in [0.29, 0.717) is 31.6 Å². The first-order valence-corrected chi connectivity index (χ1v) is 23.4. The molecule has 2 aliphatic heterocycles. The van der Waals surface area contributed by atoms with Crippen LogP contribution < -0.4 is 29.6 Å². The molecule has 4 amide bonds. The number of ether oxygens (including phenoxy) is 2. The van der Waals surface area contributed by atoms with Gasteiger partial charge in [-0.2, -0.15) is 18.6 Å². The molecular formula is C40H46N8O8S2. The maximum Gasteiger partial charge on any atom is 0.333 e. The van der Waals surface area contributed by atoms with E-state index in [1.807, 2.05) is 6.92 Å². The average Bonchev–Trinajstić information content (AvgIpc) is 4.02. The summed E-state index contributed by atoms with van der Waals surface area (Å²) in [4.78, 5) is 26.4. The fraction of sp³-hybridized carbons (Fsp3) is 0.500. The van der Waals surface area contributed by atoms with Crippen molar-refractivity contribution < 1.29 is 35.9 Å². The summed E-state index contributed by atoms with van der Waals surface area (Å²) >= 11 is 0. The SMILES string of the molecule is CC(CC1Cn2ncc(S(=O)(=O)NC(=O)Nc3c4c(cc5c3CCC5)CCC4)c2O1)n1nc(S(=O)(=O)NC(=O)Nc2c3c(cc4c2CCC4)CCC3)c2c1CCCO2. The normalized spacial score (nSPS) is 19.2. The van der Waals surface area contributed by atoms with Crippen LogP contribution in [-0.4, -0.2) is 61.2 Å². The number of hydrogen-bond acceptors (Lipinski definition) is 10. The van der Waals surface area contributed by atoms with Crippen molar-refractivity contribution in [3.63, 3.8) is 0 Å². The largest absolute Gasteiger partial charge is 0.489 e. The molecule has 2 atom stereocenters. The molecule has 306 valence electrons. The molecule has 6 aliphatic rings. The number of carbonyl (C=O) groups is 2. The first-order valence-electron chi connectivity index (χ1n) is 20.4.